The number of hydrogen-bond donors (Lipinski definition) is 0. The van der Waals surface area contributed by atoms with Gasteiger partial charge in [0, 0.05) is 39.3 Å². The van der Waals surface area contributed by atoms with Gasteiger partial charge in [-0.1, -0.05) is 19.1 Å². The Balaban J connectivity index is 1.72. The summed E-state index contributed by atoms with van der Waals surface area (Å²) in [5.74, 6) is 0.361. The first-order valence-corrected chi connectivity index (χ1v) is 12.3. The number of piperazine rings is 1. The Morgan fingerprint density at radius 2 is 1.52 bits per heavy atom. The van der Waals surface area contributed by atoms with E-state index in [4.69, 9.17) is 0 Å². The van der Waals surface area contributed by atoms with Crippen LogP contribution in [0.2, 0.25) is 0 Å². The zero-order valence-electron chi connectivity index (χ0n) is 16.3. The fraction of sp³-hybridized carbons (Fsp3) is 0.667. The Morgan fingerprint density at radius 3 is 2.15 bits per heavy atom. The molecule has 1 aromatic carbocycles. The predicted molar refractivity (Wildman–Crippen MR) is 105 cm³/mol. The molecule has 0 amide bonds. The average Bonchev–Trinajstić information content (AvgIpc) is 2.63. The van der Waals surface area contributed by atoms with Gasteiger partial charge in [0.05, 0.1) is 4.90 Å². The Kier molecular flexibility index (Phi) is 5.98. The quantitative estimate of drug-likeness (QED) is 0.748. The Bertz CT molecular complexity index is 891. The van der Waals surface area contributed by atoms with Crippen LogP contribution in [0.3, 0.4) is 0 Å². The van der Waals surface area contributed by atoms with Crippen molar-refractivity contribution in [2.75, 3.05) is 39.3 Å². The third-order valence-electron chi connectivity index (χ3n) is 5.43. The lowest BCUT2D eigenvalue weighted by atomic mass is 10.0. The average molecular weight is 416 g/mol. The Morgan fingerprint density at radius 1 is 0.889 bits per heavy atom. The van der Waals surface area contributed by atoms with Gasteiger partial charge in [-0.05, 0) is 49.8 Å². The van der Waals surface area contributed by atoms with Gasteiger partial charge in [0.1, 0.15) is 0 Å². The van der Waals surface area contributed by atoms with Crippen molar-refractivity contribution in [3.8, 4) is 0 Å². The molecule has 3 rings (SSSR count). The van der Waals surface area contributed by atoms with Crippen LogP contribution in [-0.4, -0.2) is 69.0 Å². The highest BCUT2D eigenvalue weighted by Crippen LogP contribution is 2.25. The van der Waals surface area contributed by atoms with Crippen molar-refractivity contribution in [2.24, 2.45) is 5.92 Å². The van der Waals surface area contributed by atoms with Crippen LogP contribution in [0, 0.1) is 19.8 Å². The molecule has 9 heteroatoms. The Hall–Kier alpha value is -1.00. The standard InChI is InChI=1S/C18H29N3O4S2/c1-15-6-7-17(3)18(13-15)26(22,23)19-9-11-20(12-10-19)27(24,25)21-8-4-5-16(2)14-21/h6-7,13,16H,4-5,8-12,14H2,1-3H3. The number of piperidine rings is 1. The zero-order valence-corrected chi connectivity index (χ0v) is 17.9. The first-order valence-electron chi connectivity index (χ1n) is 9.45. The van der Waals surface area contributed by atoms with E-state index in [9.17, 15) is 16.8 Å². The van der Waals surface area contributed by atoms with Gasteiger partial charge < -0.3 is 0 Å². The fourth-order valence-corrected chi connectivity index (χ4v) is 7.27. The van der Waals surface area contributed by atoms with Crippen molar-refractivity contribution in [1.29, 1.82) is 0 Å². The summed E-state index contributed by atoms with van der Waals surface area (Å²) in [5, 5.41) is 0. The number of nitrogens with zero attached hydrogens (tertiary/aromatic N) is 3. The Labute approximate surface area is 163 Å². The molecule has 2 heterocycles. The summed E-state index contributed by atoms with van der Waals surface area (Å²) < 4.78 is 56.2. The van der Waals surface area contributed by atoms with Crippen LogP contribution in [0.15, 0.2) is 23.1 Å². The summed E-state index contributed by atoms with van der Waals surface area (Å²) in [6.07, 6.45) is 1.93. The maximum absolute atomic E-state index is 13.0. The molecule has 7 nitrogen and oxygen atoms in total. The van der Waals surface area contributed by atoms with E-state index in [1.165, 1.54) is 8.61 Å². The molecule has 0 saturated carbocycles. The van der Waals surface area contributed by atoms with Crippen molar-refractivity contribution < 1.29 is 16.8 Å². The molecular weight excluding hydrogens is 386 g/mol. The number of hydrogen-bond acceptors (Lipinski definition) is 4. The van der Waals surface area contributed by atoms with Crippen LogP contribution in [0.4, 0.5) is 0 Å². The molecule has 152 valence electrons. The summed E-state index contributed by atoms with van der Waals surface area (Å²) >= 11 is 0. The van der Waals surface area contributed by atoms with E-state index >= 15 is 0 Å². The molecule has 0 aromatic heterocycles. The van der Waals surface area contributed by atoms with Crippen molar-refractivity contribution in [3.63, 3.8) is 0 Å². The zero-order chi connectivity index (χ0) is 19.8. The second kappa shape index (κ2) is 7.79. The van der Waals surface area contributed by atoms with Crippen LogP contribution in [-0.2, 0) is 20.2 Å². The lowest BCUT2D eigenvalue weighted by Crippen LogP contribution is -2.55. The molecule has 0 spiro atoms. The highest BCUT2D eigenvalue weighted by atomic mass is 32.2. The number of rotatable bonds is 4. The van der Waals surface area contributed by atoms with Gasteiger partial charge in [-0.3, -0.25) is 0 Å². The smallest absolute Gasteiger partial charge is 0.207 e. The maximum atomic E-state index is 13.0. The molecule has 27 heavy (non-hydrogen) atoms. The van der Waals surface area contributed by atoms with Crippen molar-refractivity contribution in [3.05, 3.63) is 29.3 Å². The molecule has 2 aliphatic rings. The van der Waals surface area contributed by atoms with E-state index in [0.29, 0.717) is 29.5 Å². The van der Waals surface area contributed by atoms with Crippen LogP contribution in [0.1, 0.15) is 30.9 Å². The summed E-state index contributed by atoms with van der Waals surface area (Å²) in [5.41, 5.74) is 1.59. The minimum Gasteiger partial charge on any atom is -0.207 e. The highest BCUT2D eigenvalue weighted by molar-refractivity contribution is 7.89. The van der Waals surface area contributed by atoms with Gasteiger partial charge in [0.25, 0.3) is 10.2 Å². The third kappa shape index (κ3) is 4.22. The topological polar surface area (TPSA) is 78.0 Å². The van der Waals surface area contributed by atoms with Gasteiger partial charge in [-0.25, -0.2) is 8.42 Å². The lowest BCUT2D eigenvalue weighted by molar-refractivity contribution is 0.228. The van der Waals surface area contributed by atoms with Crippen molar-refractivity contribution in [2.45, 2.75) is 38.5 Å². The second-order valence-electron chi connectivity index (χ2n) is 7.69. The molecule has 2 fully saturated rings. The van der Waals surface area contributed by atoms with Gasteiger partial charge >= 0.3 is 0 Å². The predicted octanol–water partition coefficient (Wildman–Crippen LogP) is 1.59. The summed E-state index contributed by atoms with van der Waals surface area (Å²) in [6, 6.07) is 5.38. The molecule has 0 radical (unpaired) electrons. The van der Waals surface area contributed by atoms with E-state index < -0.39 is 20.2 Å². The van der Waals surface area contributed by atoms with Crippen LogP contribution in [0.25, 0.3) is 0 Å². The fourth-order valence-electron chi connectivity index (χ4n) is 3.78. The number of sulfonamides is 1. The summed E-state index contributed by atoms with van der Waals surface area (Å²) in [6.45, 7) is 7.55. The summed E-state index contributed by atoms with van der Waals surface area (Å²) in [7, 11) is -7.14. The molecule has 2 aliphatic heterocycles. The van der Waals surface area contributed by atoms with Gasteiger partial charge in [0.15, 0.2) is 0 Å². The monoisotopic (exact) mass is 415 g/mol. The lowest BCUT2D eigenvalue weighted by Gasteiger charge is -2.38. The van der Waals surface area contributed by atoms with Crippen LogP contribution >= 0.6 is 0 Å². The van der Waals surface area contributed by atoms with Crippen LogP contribution < -0.4 is 0 Å². The van der Waals surface area contributed by atoms with E-state index in [2.05, 4.69) is 6.92 Å². The van der Waals surface area contributed by atoms with E-state index in [0.717, 1.165) is 18.4 Å². The summed E-state index contributed by atoms with van der Waals surface area (Å²) in [4.78, 5) is 0.309. The number of benzene rings is 1. The van der Waals surface area contributed by atoms with Crippen molar-refractivity contribution in [1.82, 2.24) is 12.9 Å². The normalized spacial score (nSPS) is 24.2. The van der Waals surface area contributed by atoms with Crippen molar-refractivity contribution >= 4 is 20.2 Å². The van der Waals surface area contributed by atoms with Gasteiger partial charge in [-0.2, -0.15) is 21.3 Å². The molecule has 2 saturated heterocycles. The van der Waals surface area contributed by atoms with E-state index in [1.807, 2.05) is 13.0 Å². The molecule has 1 unspecified atom stereocenters. The molecule has 0 bridgehead atoms. The molecule has 1 atom stereocenters. The molecule has 1 aromatic rings. The molecular formula is C18H29N3O4S2. The van der Waals surface area contributed by atoms with Gasteiger partial charge in [0.2, 0.25) is 10.0 Å². The molecule has 0 N–H and O–H groups in total. The maximum Gasteiger partial charge on any atom is 0.282 e. The van der Waals surface area contributed by atoms with E-state index in [1.54, 1.807) is 23.4 Å². The first kappa shape index (κ1) is 20.7. The minimum absolute atomic E-state index is 0.179. The largest absolute Gasteiger partial charge is 0.282 e. The number of aryl methyl sites for hydroxylation is 2. The third-order valence-corrected chi connectivity index (χ3v) is 9.47. The first-order chi connectivity index (χ1) is 12.6. The van der Waals surface area contributed by atoms with Crippen LogP contribution in [0.5, 0.6) is 0 Å². The second-order valence-corrected chi connectivity index (χ2v) is 11.5. The highest BCUT2D eigenvalue weighted by Gasteiger charge is 2.37. The SMILES string of the molecule is Cc1ccc(C)c(S(=O)(=O)N2CCN(S(=O)(=O)N3CCCC(C)C3)CC2)c1. The van der Waals surface area contributed by atoms with E-state index in [-0.39, 0.29) is 26.2 Å². The van der Waals surface area contributed by atoms with Gasteiger partial charge in [-0.15, -0.1) is 0 Å². The molecule has 0 aliphatic carbocycles. The minimum atomic E-state index is -3.62.